The van der Waals surface area contributed by atoms with Gasteiger partial charge in [-0.05, 0) is 12.1 Å². The van der Waals surface area contributed by atoms with Crippen molar-refractivity contribution in [2.75, 3.05) is 0 Å². The molecule has 0 fully saturated rings. The Morgan fingerprint density at radius 1 is 1.47 bits per heavy atom. The Labute approximate surface area is 82.9 Å². The summed E-state index contributed by atoms with van der Waals surface area (Å²) in [6.07, 6.45) is -3.78. The SMILES string of the molecule is O=CCC(=O)c1ccnc(C(F)(F)F)c1. The number of carbonyl (C=O) groups excluding carboxylic acids is 2. The number of ketones is 1. The highest BCUT2D eigenvalue weighted by atomic mass is 19.4. The van der Waals surface area contributed by atoms with E-state index in [0.29, 0.717) is 12.4 Å². The van der Waals surface area contributed by atoms with Crippen molar-refractivity contribution in [1.82, 2.24) is 4.98 Å². The summed E-state index contributed by atoms with van der Waals surface area (Å²) < 4.78 is 36.5. The predicted octanol–water partition coefficient (Wildman–Crippen LogP) is 1.87. The molecule has 6 heteroatoms. The number of alkyl halides is 3. The quantitative estimate of drug-likeness (QED) is 0.441. The molecule has 0 N–H and O–H groups in total. The van der Waals surface area contributed by atoms with Gasteiger partial charge in [0, 0.05) is 11.8 Å². The Hall–Kier alpha value is -1.72. The zero-order chi connectivity index (χ0) is 11.5. The van der Waals surface area contributed by atoms with Crippen LogP contribution in [0.1, 0.15) is 22.5 Å². The van der Waals surface area contributed by atoms with Gasteiger partial charge in [-0.3, -0.25) is 9.78 Å². The van der Waals surface area contributed by atoms with E-state index in [-0.39, 0.29) is 5.56 Å². The number of carbonyl (C=O) groups is 2. The second-order valence-corrected chi connectivity index (χ2v) is 2.72. The van der Waals surface area contributed by atoms with Crippen LogP contribution >= 0.6 is 0 Å². The first-order valence-electron chi connectivity index (χ1n) is 3.95. The van der Waals surface area contributed by atoms with Gasteiger partial charge in [-0.15, -0.1) is 0 Å². The summed E-state index contributed by atoms with van der Waals surface area (Å²) in [6, 6.07) is 1.77. The topological polar surface area (TPSA) is 47.0 Å². The van der Waals surface area contributed by atoms with E-state index < -0.39 is 24.1 Å². The Balaban J connectivity index is 3.03. The average Bonchev–Trinajstić information content (AvgIpc) is 2.17. The number of aromatic nitrogens is 1. The molecule has 0 spiro atoms. The molecule has 3 nitrogen and oxygen atoms in total. The summed E-state index contributed by atoms with van der Waals surface area (Å²) in [5.74, 6) is -0.655. The molecule has 1 rings (SSSR count). The van der Waals surface area contributed by atoms with Crippen molar-refractivity contribution in [3.8, 4) is 0 Å². The number of pyridine rings is 1. The molecule has 1 heterocycles. The number of aldehydes is 1. The first-order chi connectivity index (χ1) is 6.95. The van der Waals surface area contributed by atoms with E-state index in [1.807, 2.05) is 0 Å². The smallest absolute Gasteiger partial charge is 0.303 e. The van der Waals surface area contributed by atoms with Crippen molar-refractivity contribution in [1.29, 1.82) is 0 Å². The molecule has 80 valence electrons. The van der Waals surface area contributed by atoms with Crippen LogP contribution in [0.3, 0.4) is 0 Å². The minimum Gasteiger partial charge on any atom is -0.303 e. The van der Waals surface area contributed by atoms with Crippen LogP contribution in [0.15, 0.2) is 18.3 Å². The van der Waals surface area contributed by atoms with E-state index in [1.165, 1.54) is 0 Å². The summed E-state index contributed by atoms with van der Waals surface area (Å²) >= 11 is 0. The lowest BCUT2D eigenvalue weighted by Gasteiger charge is -2.05. The molecule has 0 aliphatic heterocycles. The molecule has 0 aliphatic rings. The van der Waals surface area contributed by atoms with E-state index in [1.54, 1.807) is 0 Å². The molecule has 1 aromatic heterocycles. The molecule has 15 heavy (non-hydrogen) atoms. The highest BCUT2D eigenvalue weighted by Gasteiger charge is 2.32. The zero-order valence-corrected chi connectivity index (χ0v) is 7.41. The number of hydrogen-bond acceptors (Lipinski definition) is 3. The molecule has 0 radical (unpaired) electrons. The van der Waals surface area contributed by atoms with Gasteiger partial charge in [0.1, 0.15) is 12.0 Å². The minimum atomic E-state index is -4.59. The Bertz CT molecular complexity index is 387. The van der Waals surface area contributed by atoms with Gasteiger partial charge in [-0.2, -0.15) is 13.2 Å². The highest BCUT2D eigenvalue weighted by Crippen LogP contribution is 2.27. The summed E-state index contributed by atoms with van der Waals surface area (Å²) in [5, 5.41) is 0. The zero-order valence-electron chi connectivity index (χ0n) is 7.41. The van der Waals surface area contributed by atoms with Crippen LogP contribution in [0.25, 0.3) is 0 Å². The summed E-state index contributed by atoms with van der Waals surface area (Å²) in [6.45, 7) is 0. The third kappa shape index (κ3) is 2.87. The Kier molecular flexibility index (Phi) is 3.18. The largest absolute Gasteiger partial charge is 0.433 e. The van der Waals surface area contributed by atoms with E-state index in [9.17, 15) is 22.8 Å². The number of hydrogen-bond donors (Lipinski definition) is 0. The highest BCUT2D eigenvalue weighted by molar-refractivity contribution is 6.02. The van der Waals surface area contributed by atoms with E-state index >= 15 is 0 Å². The maximum atomic E-state index is 12.2. The fraction of sp³-hybridized carbons (Fsp3) is 0.222. The molecule has 0 aromatic carbocycles. The van der Waals surface area contributed by atoms with Crippen molar-refractivity contribution >= 4 is 12.1 Å². The van der Waals surface area contributed by atoms with Gasteiger partial charge in [0.25, 0.3) is 0 Å². The van der Waals surface area contributed by atoms with Crippen molar-refractivity contribution in [3.63, 3.8) is 0 Å². The molecular weight excluding hydrogens is 211 g/mol. The second kappa shape index (κ2) is 4.20. The van der Waals surface area contributed by atoms with Crippen molar-refractivity contribution in [2.24, 2.45) is 0 Å². The van der Waals surface area contributed by atoms with Gasteiger partial charge in [0.15, 0.2) is 5.78 Å². The Morgan fingerprint density at radius 3 is 2.67 bits per heavy atom. The lowest BCUT2D eigenvalue weighted by Crippen LogP contribution is -2.10. The van der Waals surface area contributed by atoms with Crippen molar-refractivity contribution < 1.29 is 22.8 Å². The number of rotatable bonds is 3. The van der Waals surface area contributed by atoms with Gasteiger partial charge in [0.05, 0.1) is 6.42 Å². The second-order valence-electron chi connectivity index (χ2n) is 2.72. The summed E-state index contributed by atoms with van der Waals surface area (Å²) in [4.78, 5) is 24.2. The van der Waals surface area contributed by atoms with Gasteiger partial charge >= 0.3 is 6.18 Å². The first-order valence-corrected chi connectivity index (χ1v) is 3.95. The summed E-state index contributed by atoms with van der Waals surface area (Å²) in [5.41, 5.74) is -1.30. The van der Waals surface area contributed by atoms with Crippen LogP contribution in [0, 0.1) is 0 Å². The molecule has 1 aromatic rings. The standard InChI is InChI=1S/C9H6F3NO2/c10-9(11,12)8-5-6(1-3-13-8)7(15)2-4-14/h1,3-5H,2H2. The molecule has 0 aliphatic carbocycles. The lowest BCUT2D eigenvalue weighted by molar-refractivity contribution is -0.141. The van der Waals surface area contributed by atoms with Gasteiger partial charge < -0.3 is 4.79 Å². The van der Waals surface area contributed by atoms with Gasteiger partial charge in [-0.1, -0.05) is 0 Å². The van der Waals surface area contributed by atoms with E-state index in [4.69, 9.17) is 0 Å². The maximum Gasteiger partial charge on any atom is 0.433 e. The average molecular weight is 217 g/mol. The molecule has 0 unspecified atom stereocenters. The Morgan fingerprint density at radius 2 is 2.13 bits per heavy atom. The molecule has 0 saturated heterocycles. The lowest BCUT2D eigenvalue weighted by atomic mass is 10.1. The van der Waals surface area contributed by atoms with Crippen molar-refractivity contribution in [2.45, 2.75) is 12.6 Å². The van der Waals surface area contributed by atoms with Gasteiger partial charge in [-0.25, -0.2) is 0 Å². The fourth-order valence-electron chi connectivity index (χ4n) is 0.953. The molecule has 0 amide bonds. The number of nitrogens with zero attached hydrogens (tertiary/aromatic N) is 1. The number of halogens is 3. The normalized spacial score (nSPS) is 11.1. The number of Topliss-reactive ketones (excluding diaryl/α,β-unsaturated/α-hetero) is 1. The van der Waals surface area contributed by atoms with Crippen LogP contribution < -0.4 is 0 Å². The van der Waals surface area contributed by atoms with Crippen LogP contribution in [0.5, 0.6) is 0 Å². The molecule has 0 atom stereocenters. The van der Waals surface area contributed by atoms with Gasteiger partial charge in [0.2, 0.25) is 0 Å². The molecule has 0 saturated carbocycles. The van der Waals surface area contributed by atoms with Crippen LogP contribution in [-0.2, 0) is 11.0 Å². The summed E-state index contributed by atoms with van der Waals surface area (Å²) in [7, 11) is 0. The monoisotopic (exact) mass is 217 g/mol. The third-order valence-corrected chi connectivity index (χ3v) is 1.64. The predicted molar refractivity (Wildman–Crippen MR) is 44.3 cm³/mol. The maximum absolute atomic E-state index is 12.2. The van der Waals surface area contributed by atoms with E-state index in [2.05, 4.69) is 4.98 Å². The third-order valence-electron chi connectivity index (χ3n) is 1.64. The van der Waals surface area contributed by atoms with Crippen molar-refractivity contribution in [3.05, 3.63) is 29.6 Å². The minimum absolute atomic E-state index is 0.163. The van der Waals surface area contributed by atoms with Crippen LogP contribution in [0.4, 0.5) is 13.2 Å². The molecular formula is C9H6F3NO2. The van der Waals surface area contributed by atoms with Crippen LogP contribution in [0.2, 0.25) is 0 Å². The van der Waals surface area contributed by atoms with Crippen LogP contribution in [-0.4, -0.2) is 17.1 Å². The first kappa shape index (κ1) is 11.4. The molecule has 0 bridgehead atoms. The van der Waals surface area contributed by atoms with E-state index in [0.717, 1.165) is 12.3 Å². The fourth-order valence-corrected chi connectivity index (χ4v) is 0.953.